The lowest BCUT2D eigenvalue weighted by atomic mass is 9.89. The van der Waals surface area contributed by atoms with Crippen LogP contribution in [0.4, 0.5) is 0 Å². The fourth-order valence-corrected chi connectivity index (χ4v) is 7.24. The van der Waals surface area contributed by atoms with Crippen molar-refractivity contribution in [3.8, 4) is 0 Å². The minimum Gasteiger partial charge on any atom is -0.492 e. The van der Waals surface area contributed by atoms with Crippen molar-refractivity contribution in [3.05, 3.63) is 48.8 Å². The molecular formula is C44H81NO10P+. The molecule has 0 heterocycles. The lowest BCUT2D eigenvalue weighted by molar-refractivity contribution is -0.870. The molecule has 1 aliphatic rings. The zero-order valence-corrected chi connectivity index (χ0v) is 36.6. The van der Waals surface area contributed by atoms with E-state index in [9.17, 15) is 29.6 Å². The van der Waals surface area contributed by atoms with Crippen molar-refractivity contribution in [2.24, 2.45) is 11.8 Å². The van der Waals surface area contributed by atoms with Gasteiger partial charge in [-0.25, -0.2) is 4.57 Å². The summed E-state index contributed by atoms with van der Waals surface area (Å²) < 4.78 is 34.6. The molecule has 0 radical (unpaired) electrons. The highest BCUT2D eigenvalue weighted by molar-refractivity contribution is 7.47. The fourth-order valence-electron chi connectivity index (χ4n) is 6.50. The SMILES string of the molecule is CCCCCCCC/C=C\CCCCCC/C=C\O[C@H](COC(=O)C/C=C\C[C@H]1[C@@H](/C=C/[C@H](O)CCCCC)[C@H](O)C[C@@H]1O)COP(=O)(O)OCC[N+](C)(C)C. The number of allylic oxidation sites excluding steroid dienone is 4. The predicted molar refractivity (Wildman–Crippen MR) is 226 cm³/mol. The molecule has 11 nitrogen and oxygen atoms in total. The molecule has 1 saturated carbocycles. The number of aliphatic hydroxyl groups is 3. The third kappa shape index (κ3) is 28.6. The van der Waals surface area contributed by atoms with Crippen LogP contribution in [0.3, 0.4) is 0 Å². The summed E-state index contributed by atoms with van der Waals surface area (Å²) in [5.74, 6) is -1.04. The van der Waals surface area contributed by atoms with Gasteiger partial charge in [0.2, 0.25) is 0 Å². The van der Waals surface area contributed by atoms with Crippen molar-refractivity contribution >= 4 is 13.8 Å². The van der Waals surface area contributed by atoms with Gasteiger partial charge in [-0.15, -0.1) is 0 Å². The Morgan fingerprint density at radius 3 is 2.04 bits per heavy atom. The highest BCUT2D eigenvalue weighted by Gasteiger charge is 2.39. The Hall–Kier alpha value is -1.82. The van der Waals surface area contributed by atoms with Crippen LogP contribution in [0.2, 0.25) is 0 Å². The van der Waals surface area contributed by atoms with Gasteiger partial charge >= 0.3 is 13.8 Å². The summed E-state index contributed by atoms with van der Waals surface area (Å²) in [6.07, 6.45) is 32.3. The van der Waals surface area contributed by atoms with E-state index in [0.29, 0.717) is 23.9 Å². The zero-order valence-electron chi connectivity index (χ0n) is 35.7. The number of nitrogens with zero attached hydrogens (tertiary/aromatic N) is 1. The summed E-state index contributed by atoms with van der Waals surface area (Å²) in [5.41, 5.74) is 0. The molecule has 0 bridgehead atoms. The van der Waals surface area contributed by atoms with E-state index in [1.54, 1.807) is 18.2 Å². The van der Waals surface area contributed by atoms with Crippen molar-refractivity contribution in [1.29, 1.82) is 0 Å². The van der Waals surface area contributed by atoms with Crippen molar-refractivity contribution in [2.75, 3.05) is 47.5 Å². The Morgan fingerprint density at radius 2 is 1.39 bits per heavy atom. The first kappa shape index (κ1) is 52.2. The number of hydrogen-bond donors (Lipinski definition) is 4. The summed E-state index contributed by atoms with van der Waals surface area (Å²) in [4.78, 5) is 22.8. The number of aliphatic hydroxyl groups excluding tert-OH is 3. The molecule has 1 aliphatic carbocycles. The maximum Gasteiger partial charge on any atom is 0.472 e. The van der Waals surface area contributed by atoms with Crippen LogP contribution < -0.4 is 0 Å². The smallest absolute Gasteiger partial charge is 0.472 e. The molecule has 1 fully saturated rings. The molecule has 4 N–H and O–H groups in total. The van der Waals surface area contributed by atoms with Gasteiger partial charge in [0.05, 0.1) is 58.7 Å². The second-order valence-electron chi connectivity index (χ2n) is 16.4. The summed E-state index contributed by atoms with van der Waals surface area (Å²) >= 11 is 0. The van der Waals surface area contributed by atoms with Crippen molar-refractivity contribution in [1.82, 2.24) is 0 Å². The number of phosphoric ester groups is 1. The standard InChI is InChI=1S/C44H80NO10P/c1-6-8-10-11-12-13-14-15-16-17-18-19-20-21-22-26-33-52-39(37-55-56(50,51)54-34-32-45(3,4)5)36-53-44(49)29-25-24-28-40-41(43(48)35-42(40)47)31-30-38(46)27-23-9-7-2/h15-16,24-26,30-31,33,38-43,46-48H,6-14,17-23,27-29,32,34-37H2,1-5H3/p+1/b16-15-,25-24-,31-30+,33-26-/t38-,39-,40+,41-,42+,43-/m1/s1. The van der Waals surface area contributed by atoms with Crippen molar-refractivity contribution < 1.29 is 52.6 Å². The summed E-state index contributed by atoms with van der Waals surface area (Å²) in [6, 6.07) is 0. The molecule has 0 aliphatic heterocycles. The average molecular weight is 815 g/mol. The van der Waals surface area contributed by atoms with Crippen LogP contribution in [-0.2, 0) is 27.9 Å². The normalized spacial score (nSPS) is 21.4. The average Bonchev–Trinajstić information content (AvgIpc) is 3.41. The van der Waals surface area contributed by atoms with Crippen LogP contribution in [0.25, 0.3) is 0 Å². The van der Waals surface area contributed by atoms with Gasteiger partial charge in [-0.3, -0.25) is 13.8 Å². The molecule has 12 heteroatoms. The molecule has 0 aromatic rings. The molecule has 1 rings (SSSR count). The van der Waals surface area contributed by atoms with E-state index < -0.39 is 38.2 Å². The van der Waals surface area contributed by atoms with Crippen LogP contribution >= 0.6 is 7.82 Å². The predicted octanol–water partition coefficient (Wildman–Crippen LogP) is 9.11. The first-order chi connectivity index (χ1) is 26.8. The van der Waals surface area contributed by atoms with E-state index in [4.69, 9.17) is 18.5 Å². The van der Waals surface area contributed by atoms with Crippen molar-refractivity contribution in [3.63, 3.8) is 0 Å². The second kappa shape index (κ2) is 32.1. The van der Waals surface area contributed by atoms with Crippen molar-refractivity contribution in [2.45, 2.75) is 167 Å². The zero-order chi connectivity index (χ0) is 41.5. The number of likely N-dealkylation sites (N-methyl/N-ethyl adjacent to an activating group) is 1. The number of rotatable bonds is 35. The number of carbonyl (C=O) groups is 1. The third-order valence-corrected chi connectivity index (χ3v) is 11.0. The largest absolute Gasteiger partial charge is 0.492 e. The second-order valence-corrected chi connectivity index (χ2v) is 17.9. The van der Waals surface area contributed by atoms with Gasteiger partial charge in [0.1, 0.15) is 19.8 Å². The Kier molecular flexibility index (Phi) is 29.9. The number of carbonyl (C=O) groups excluding carboxylic acids is 1. The molecule has 0 amide bonds. The highest BCUT2D eigenvalue weighted by Crippen LogP contribution is 2.43. The van der Waals surface area contributed by atoms with E-state index in [-0.39, 0.29) is 44.5 Å². The van der Waals surface area contributed by atoms with Gasteiger partial charge in [-0.1, -0.05) is 115 Å². The molecule has 1 unspecified atom stereocenters. The summed E-state index contributed by atoms with van der Waals surface area (Å²) in [7, 11) is 1.49. The van der Waals surface area contributed by atoms with E-state index >= 15 is 0 Å². The lowest BCUT2D eigenvalue weighted by Crippen LogP contribution is -2.37. The van der Waals surface area contributed by atoms with Crippen LogP contribution in [-0.4, -0.2) is 103 Å². The third-order valence-electron chi connectivity index (χ3n) is 10.1. The first-order valence-electron chi connectivity index (χ1n) is 21.7. The lowest BCUT2D eigenvalue weighted by Gasteiger charge is -2.24. The van der Waals surface area contributed by atoms with Crippen LogP contribution in [0, 0.1) is 11.8 Å². The minimum atomic E-state index is -4.35. The number of esters is 1. The van der Waals surface area contributed by atoms with Gasteiger partial charge in [0.15, 0.2) is 6.10 Å². The Morgan fingerprint density at radius 1 is 0.786 bits per heavy atom. The maximum absolute atomic E-state index is 12.6. The van der Waals surface area contributed by atoms with E-state index in [0.717, 1.165) is 44.9 Å². The molecule has 7 atom stereocenters. The van der Waals surface area contributed by atoms with Gasteiger partial charge in [-0.2, -0.15) is 0 Å². The molecule has 0 saturated heterocycles. The molecule has 0 aromatic carbocycles. The topological polar surface area (TPSA) is 152 Å². The number of quaternary nitrogens is 1. The Bertz CT molecular complexity index is 1150. The monoisotopic (exact) mass is 815 g/mol. The fraction of sp³-hybridized carbons (Fsp3) is 0.795. The van der Waals surface area contributed by atoms with E-state index in [1.807, 2.05) is 33.3 Å². The summed E-state index contributed by atoms with van der Waals surface area (Å²) in [6.45, 7) is 4.40. The van der Waals surface area contributed by atoms with Gasteiger partial charge in [0.25, 0.3) is 0 Å². The summed E-state index contributed by atoms with van der Waals surface area (Å²) in [5, 5.41) is 31.4. The maximum atomic E-state index is 12.6. The van der Waals surface area contributed by atoms with E-state index in [2.05, 4.69) is 26.0 Å². The molecule has 0 aromatic heterocycles. The minimum absolute atomic E-state index is 0.0208. The Balaban J connectivity index is 2.54. The molecule has 326 valence electrons. The molecule has 0 spiro atoms. The molecular weight excluding hydrogens is 733 g/mol. The van der Waals surface area contributed by atoms with Gasteiger partial charge < -0.3 is 34.2 Å². The van der Waals surface area contributed by atoms with E-state index in [1.165, 1.54) is 64.0 Å². The molecule has 56 heavy (non-hydrogen) atoms. The number of ether oxygens (including phenoxy) is 2. The number of hydrogen-bond acceptors (Lipinski definition) is 9. The number of unbranched alkanes of at least 4 members (excludes halogenated alkanes) is 13. The Labute approximate surface area is 340 Å². The highest BCUT2D eigenvalue weighted by atomic mass is 31.2. The van der Waals surface area contributed by atoms with Gasteiger partial charge in [-0.05, 0) is 63.4 Å². The van der Waals surface area contributed by atoms with Crippen LogP contribution in [0.1, 0.15) is 142 Å². The number of phosphoric acid groups is 1. The quantitative estimate of drug-likeness (QED) is 0.0122. The van der Waals surface area contributed by atoms with Crippen LogP contribution in [0.15, 0.2) is 48.8 Å². The van der Waals surface area contributed by atoms with Crippen LogP contribution in [0.5, 0.6) is 0 Å². The first-order valence-corrected chi connectivity index (χ1v) is 23.2. The van der Waals surface area contributed by atoms with Gasteiger partial charge in [0, 0.05) is 12.3 Å².